The fraction of sp³-hybridized carbons (Fsp3) is 0.231. The van der Waals surface area contributed by atoms with E-state index in [0.717, 1.165) is 11.9 Å². The lowest BCUT2D eigenvalue weighted by molar-refractivity contribution is -0.387. The molecule has 11 heteroatoms. The summed E-state index contributed by atoms with van der Waals surface area (Å²) < 4.78 is 22.8. The molecule has 0 aliphatic carbocycles. The van der Waals surface area contributed by atoms with Gasteiger partial charge in [0.1, 0.15) is 10.6 Å². The lowest BCUT2D eigenvalue weighted by Gasteiger charge is -2.31. The van der Waals surface area contributed by atoms with Crippen molar-refractivity contribution < 1.29 is 33.5 Å². The Balaban J connectivity index is 2.00. The van der Waals surface area contributed by atoms with Gasteiger partial charge in [-0.05, 0) is 54.9 Å². The molecule has 194 valence electrons. The largest absolute Gasteiger partial charge is 0.468 e. The molecular weight excluding hydrogens is 500 g/mol. The van der Waals surface area contributed by atoms with E-state index < -0.39 is 29.0 Å². The van der Waals surface area contributed by atoms with E-state index in [9.17, 15) is 19.7 Å². The number of esters is 2. The number of nitrogens with zero attached hydrogens (tertiary/aromatic N) is 2. The molecule has 0 amide bonds. The molecule has 0 bridgehead atoms. The van der Waals surface area contributed by atoms with Gasteiger partial charge in [-0.3, -0.25) is 14.9 Å². The third-order valence-electron chi connectivity index (χ3n) is 5.22. The molecule has 0 spiro atoms. The van der Waals surface area contributed by atoms with E-state index >= 15 is 0 Å². The molecule has 0 aromatic heterocycles. The summed E-state index contributed by atoms with van der Waals surface area (Å²) in [6.07, 6.45) is -1.13. The van der Waals surface area contributed by atoms with Crippen LogP contribution in [0.3, 0.4) is 0 Å². The first-order valence-electron chi connectivity index (χ1n) is 11.1. The van der Waals surface area contributed by atoms with Crippen molar-refractivity contribution >= 4 is 29.6 Å². The summed E-state index contributed by atoms with van der Waals surface area (Å²) in [5, 5.41) is 11.5. The van der Waals surface area contributed by atoms with Gasteiger partial charge in [-0.15, -0.1) is 0 Å². The lowest BCUT2D eigenvalue weighted by atomic mass is 10.0. The Hall–Kier alpha value is -3.93. The third kappa shape index (κ3) is 7.29. The van der Waals surface area contributed by atoms with Crippen LogP contribution in [0.2, 0.25) is 0 Å². The van der Waals surface area contributed by atoms with E-state index in [4.69, 9.17) is 18.9 Å². The number of rotatable bonds is 12. The van der Waals surface area contributed by atoms with Crippen LogP contribution < -0.4 is 4.74 Å². The van der Waals surface area contributed by atoms with Crippen molar-refractivity contribution in [2.24, 2.45) is 0 Å². The number of para-hydroxylation sites is 1. The van der Waals surface area contributed by atoms with Gasteiger partial charge in [-0.25, -0.2) is 9.10 Å². The van der Waals surface area contributed by atoms with Gasteiger partial charge in [-0.1, -0.05) is 42.5 Å². The van der Waals surface area contributed by atoms with E-state index in [-0.39, 0.29) is 12.5 Å². The zero-order valence-corrected chi connectivity index (χ0v) is 21.3. The molecule has 3 aromatic rings. The number of hydrogen-bond acceptors (Lipinski definition) is 10. The number of nitro benzene ring substituents is 1. The average Bonchev–Trinajstić information content (AvgIpc) is 2.92. The van der Waals surface area contributed by atoms with Gasteiger partial charge in [0.15, 0.2) is 18.9 Å². The summed E-state index contributed by atoms with van der Waals surface area (Å²) in [5.74, 6) is -0.835. The van der Waals surface area contributed by atoms with Crippen molar-refractivity contribution in [2.45, 2.75) is 17.0 Å². The van der Waals surface area contributed by atoms with E-state index in [1.165, 1.54) is 24.6 Å². The molecule has 37 heavy (non-hydrogen) atoms. The Labute approximate surface area is 218 Å². The second-order valence-electron chi connectivity index (χ2n) is 7.64. The smallest absolute Gasteiger partial charge is 0.338 e. The highest BCUT2D eigenvalue weighted by Crippen LogP contribution is 2.36. The zero-order chi connectivity index (χ0) is 26.8. The highest BCUT2D eigenvalue weighted by molar-refractivity contribution is 7.97. The minimum Gasteiger partial charge on any atom is -0.468 e. The molecule has 0 fully saturated rings. The summed E-state index contributed by atoms with van der Waals surface area (Å²) in [6, 6.07) is 20.0. The molecule has 0 saturated heterocycles. The topological polar surface area (TPSA) is 117 Å². The fourth-order valence-electron chi connectivity index (χ4n) is 3.43. The Bertz CT molecular complexity index is 1210. The van der Waals surface area contributed by atoms with Crippen molar-refractivity contribution in [3.63, 3.8) is 0 Å². The summed E-state index contributed by atoms with van der Waals surface area (Å²) in [5.41, 5.74) is 0.657. The van der Waals surface area contributed by atoms with Crippen molar-refractivity contribution in [3.8, 4) is 5.75 Å². The van der Waals surface area contributed by atoms with E-state index in [1.807, 2.05) is 0 Å². The predicted molar refractivity (Wildman–Crippen MR) is 136 cm³/mol. The van der Waals surface area contributed by atoms with Gasteiger partial charge in [0.2, 0.25) is 0 Å². The van der Waals surface area contributed by atoms with Crippen molar-refractivity contribution in [2.75, 3.05) is 28.1 Å². The maximum atomic E-state index is 13.1. The molecule has 10 nitrogen and oxygen atoms in total. The van der Waals surface area contributed by atoms with Gasteiger partial charge in [0, 0.05) is 13.2 Å². The Morgan fingerprint density at radius 1 is 0.973 bits per heavy atom. The van der Waals surface area contributed by atoms with Crippen molar-refractivity contribution in [1.82, 2.24) is 4.31 Å². The maximum absolute atomic E-state index is 13.1. The van der Waals surface area contributed by atoms with Crippen LogP contribution in [0.25, 0.3) is 0 Å². The number of methoxy groups -OCH3 is 2. The molecule has 2 unspecified atom stereocenters. The number of ether oxygens (including phenoxy) is 4. The van der Waals surface area contributed by atoms with Crippen molar-refractivity contribution in [3.05, 3.63) is 100 Å². The number of likely N-dealkylation sites (N-methyl/N-ethyl adjacent to an activating group) is 1. The standard InChI is InChI=1S/C26H26N2O8S/c1-27(37-22-12-8-7-11-21(22)28(31)32)23(26(30)34-3)24(36-25(29)19-9-5-4-6-10-19)18-13-15-20(16-14-18)35-17-33-2/h4-16,23-24H,17H2,1-3H3. The SMILES string of the molecule is COCOc1ccc(C(OC(=O)c2ccccc2)C(C(=O)OC)N(C)Sc2ccccc2[N+](=O)[O-])cc1. The normalized spacial score (nSPS) is 12.4. The van der Waals surface area contributed by atoms with Crippen LogP contribution >= 0.6 is 11.9 Å². The van der Waals surface area contributed by atoms with Crippen LogP contribution in [-0.4, -0.2) is 55.3 Å². The second kappa shape index (κ2) is 13.4. The zero-order valence-electron chi connectivity index (χ0n) is 20.4. The molecule has 3 rings (SSSR count). The average molecular weight is 527 g/mol. The molecule has 0 N–H and O–H groups in total. The highest BCUT2D eigenvalue weighted by atomic mass is 32.2. The molecule has 0 aliphatic heterocycles. The molecular formula is C26H26N2O8S. The first kappa shape index (κ1) is 27.7. The molecule has 0 heterocycles. The first-order chi connectivity index (χ1) is 17.8. The predicted octanol–water partition coefficient (Wildman–Crippen LogP) is 4.66. The first-order valence-corrected chi connectivity index (χ1v) is 11.8. The van der Waals surface area contributed by atoms with Gasteiger partial charge >= 0.3 is 11.9 Å². The Morgan fingerprint density at radius 3 is 2.24 bits per heavy atom. The monoisotopic (exact) mass is 526 g/mol. The maximum Gasteiger partial charge on any atom is 0.338 e. The van der Waals surface area contributed by atoms with Crippen LogP contribution in [0.5, 0.6) is 5.75 Å². The molecule has 0 saturated carbocycles. The van der Waals surface area contributed by atoms with Crippen LogP contribution in [0.1, 0.15) is 22.0 Å². The Kier molecular flexibility index (Phi) is 10.0. The summed E-state index contributed by atoms with van der Waals surface area (Å²) in [6.45, 7) is 0.0474. The van der Waals surface area contributed by atoms with E-state index in [1.54, 1.807) is 79.8 Å². The van der Waals surface area contributed by atoms with Gasteiger partial charge in [0.25, 0.3) is 5.69 Å². The Morgan fingerprint density at radius 2 is 1.62 bits per heavy atom. The van der Waals surface area contributed by atoms with Crippen LogP contribution in [-0.2, 0) is 19.0 Å². The fourth-order valence-corrected chi connectivity index (χ4v) is 4.43. The van der Waals surface area contributed by atoms with Gasteiger partial charge in [0.05, 0.1) is 17.6 Å². The number of nitro groups is 1. The minimum absolute atomic E-state index is 0.0474. The van der Waals surface area contributed by atoms with Crippen LogP contribution in [0.15, 0.2) is 83.8 Å². The van der Waals surface area contributed by atoms with Gasteiger partial charge in [-0.2, -0.15) is 0 Å². The lowest BCUT2D eigenvalue weighted by Crippen LogP contribution is -2.42. The highest BCUT2D eigenvalue weighted by Gasteiger charge is 2.38. The molecule has 0 aliphatic rings. The van der Waals surface area contributed by atoms with Crippen molar-refractivity contribution in [1.29, 1.82) is 0 Å². The van der Waals surface area contributed by atoms with Crippen LogP contribution in [0, 0.1) is 10.1 Å². The summed E-state index contributed by atoms with van der Waals surface area (Å²) in [7, 11) is 4.29. The number of benzene rings is 3. The molecule has 3 aromatic carbocycles. The molecule has 2 atom stereocenters. The third-order valence-corrected chi connectivity index (χ3v) is 6.28. The quantitative estimate of drug-likeness (QED) is 0.108. The number of carbonyl (C=O) groups is 2. The minimum atomic E-state index is -1.16. The summed E-state index contributed by atoms with van der Waals surface area (Å²) in [4.78, 5) is 37.4. The van der Waals surface area contributed by atoms with Crippen LogP contribution in [0.4, 0.5) is 5.69 Å². The number of carbonyl (C=O) groups excluding carboxylic acids is 2. The number of hydrogen-bond donors (Lipinski definition) is 0. The summed E-state index contributed by atoms with van der Waals surface area (Å²) >= 11 is 0.969. The second-order valence-corrected chi connectivity index (χ2v) is 8.84. The van der Waals surface area contributed by atoms with E-state index in [0.29, 0.717) is 21.8 Å². The molecule has 0 radical (unpaired) electrons. The van der Waals surface area contributed by atoms with E-state index in [2.05, 4.69) is 0 Å². The van der Waals surface area contributed by atoms with Gasteiger partial charge < -0.3 is 18.9 Å².